The molecule has 0 spiro atoms. The number of nitrogens with one attached hydrogen (secondary N) is 1. The molecule has 2 amide bonds. The first kappa shape index (κ1) is 17.2. The van der Waals surface area contributed by atoms with Crippen molar-refractivity contribution < 1.29 is 14.3 Å². The van der Waals surface area contributed by atoms with Crippen molar-refractivity contribution in [2.75, 3.05) is 38.2 Å². The van der Waals surface area contributed by atoms with E-state index in [9.17, 15) is 4.79 Å². The molecule has 0 bridgehead atoms. The number of amides is 2. The molecule has 1 atom stereocenters. The van der Waals surface area contributed by atoms with Crippen molar-refractivity contribution in [3.05, 3.63) is 24.3 Å². The molecule has 124 valence electrons. The van der Waals surface area contributed by atoms with Gasteiger partial charge in [0.1, 0.15) is 12.4 Å². The highest BCUT2D eigenvalue weighted by Gasteiger charge is 2.23. The second-order valence-electron chi connectivity index (χ2n) is 5.56. The van der Waals surface area contributed by atoms with Crippen LogP contribution in [0.25, 0.3) is 0 Å². The summed E-state index contributed by atoms with van der Waals surface area (Å²) in [4.78, 5) is 14.2. The first-order chi connectivity index (χ1) is 11.2. The van der Waals surface area contributed by atoms with Crippen LogP contribution in [-0.4, -0.2) is 43.8 Å². The molecule has 0 aromatic heterocycles. The summed E-state index contributed by atoms with van der Waals surface area (Å²) in [5.41, 5.74) is 0.745. The number of terminal acetylenes is 1. The van der Waals surface area contributed by atoms with Gasteiger partial charge in [-0.15, -0.1) is 6.42 Å². The number of carbonyl (C=O) groups excluding carboxylic acids is 1. The standard InChI is InChI=1S/C18H24N2O3/c1-3-12-23-17-9-7-16(8-10-17)19-18(21)20-11-5-6-15(13-20)14-22-4-2/h1,7-10,15H,4-6,11-14H2,2H3,(H,19,21). The van der Waals surface area contributed by atoms with Gasteiger partial charge in [0.05, 0.1) is 6.61 Å². The van der Waals surface area contributed by atoms with Crippen LogP contribution in [0.5, 0.6) is 5.75 Å². The van der Waals surface area contributed by atoms with E-state index in [1.165, 1.54) is 0 Å². The summed E-state index contributed by atoms with van der Waals surface area (Å²) >= 11 is 0. The number of hydrogen-bond acceptors (Lipinski definition) is 3. The number of rotatable bonds is 6. The van der Waals surface area contributed by atoms with Gasteiger partial charge in [0.25, 0.3) is 0 Å². The smallest absolute Gasteiger partial charge is 0.321 e. The zero-order valence-corrected chi connectivity index (χ0v) is 13.6. The average Bonchev–Trinajstić information content (AvgIpc) is 2.59. The van der Waals surface area contributed by atoms with Crippen molar-refractivity contribution in [1.82, 2.24) is 4.90 Å². The van der Waals surface area contributed by atoms with Crippen LogP contribution in [0.3, 0.4) is 0 Å². The molecule has 5 nitrogen and oxygen atoms in total. The molecular formula is C18H24N2O3. The largest absolute Gasteiger partial charge is 0.481 e. The molecule has 1 saturated heterocycles. The van der Waals surface area contributed by atoms with Gasteiger partial charge in [0.15, 0.2) is 0 Å². The predicted molar refractivity (Wildman–Crippen MR) is 90.6 cm³/mol. The fraction of sp³-hybridized carbons (Fsp3) is 0.500. The van der Waals surface area contributed by atoms with Crippen LogP contribution in [-0.2, 0) is 4.74 Å². The molecule has 1 aromatic rings. The maximum absolute atomic E-state index is 12.4. The second-order valence-corrected chi connectivity index (χ2v) is 5.56. The predicted octanol–water partition coefficient (Wildman–Crippen LogP) is 2.98. The number of hydrogen-bond donors (Lipinski definition) is 1. The van der Waals surface area contributed by atoms with E-state index < -0.39 is 0 Å². The quantitative estimate of drug-likeness (QED) is 0.821. The Balaban J connectivity index is 1.84. The Morgan fingerprint density at radius 1 is 1.43 bits per heavy atom. The van der Waals surface area contributed by atoms with E-state index in [1.54, 1.807) is 12.1 Å². The zero-order valence-electron chi connectivity index (χ0n) is 13.6. The summed E-state index contributed by atoms with van der Waals surface area (Å²) in [6, 6.07) is 7.14. The Bertz CT molecular complexity index is 536. The first-order valence-corrected chi connectivity index (χ1v) is 8.03. The van der Waals surface area contributed by atoms with Gasteiger partial charge in [-0.1, -0.05) is 5.92 Å². The summed E-state index contributed by atoms with van der Waals surface area (Å²) in [6.45, 7) is 5.20. The minimum atomic E-state index is -0.0662. The van der Waals surface area contributed by atoms with Gasteiger partial charge < -0.3 is 19.7 Å². The highest BCUT2D eigenvalue weighted by Crippen LogP contribution is 2.19. The van der Waals surface area contributed by atoms with Crippen molar-refractivity contribution >= 4 is 11.7 Å². The lowest BCUT2D eigenvalue weighted by molar-refractivity contribution is 0.0777. The van der Waals surface area contributed by atoms with Crippen molar-refractivity contribution in [3.63, 3.8) is 0 Å². The fourth-order valence-corrected chi connectivity index (χ4v) is 2.63. The Labute approximate surface area is 138 Å². The topological polar surface area (TPSA) is 50.8 Å². The lowest BCUT2D eigenvalue weighted by atomic mass is 9.99. The van der Waals surface area contributed by atoms with E-state index in [2.05, 4.69) is 11.2 Å². The van der Waals surface area contributed by atoms with Crippen molar-refractivity contribution in [3.8, 4) is 18.1 Å². The van der Waals surface area contributed by atoms with E-state index in [0.717, 1.165) is 44.8 Å². The minimum absolute atomic E-state index is 0.0662. The highest BCUT2D eigenvalue weighted by atomic mass is 16.5. The van der Waals surface area contributed by atoms with E-state index in [0.29, 0.717) is 11.7 Å². The van der Waals surface area contributed by atoms with Crippen molar-refractivity contribution in [1.29, 1.82) is 0 Å². The lowest BCUT2D eigenvalue weighted by Gasteiger charge is -2.32. The summed E-state index contributed by atoms with van der Waals surface area (Å²) in [5, 5.41) is 2.92. The third-order valence-corrected chi connectivity index (χ3v) is 3.79. The SMILES string of the molecule is C#CCOc1ccc(NC(=O)N2CCCC(COCC)C2)cc1. The molecule has 23 heavy (non-hydrogen) atoms. The molecule has 1 aromatic carbocycles. The van der Waals surface area contributed by atoms with Crippen LogP contribution >= 0.6 is 0 Å². The highest BCUT2D eigenvalue weighted by molar-refractivity contribution is 5.89. The summed E-state index contributed by atoms with van der Waals surface area (Å²) in [7, 11) is 0. The van der Waals surface area contributed by atoms with E-state index in [-0.39, 0.29) is 12.6 Å². The van der Waals surface area contributed by atoms with E-state index in [4.69, 9.17) is 15.9 Å². The Morgan fingerprint density at radius 3 is 2.91 bits per heavy atom. The maximum Gasteiger partial charge on any atom is 0.321 e. The molecule has 1 aliphatic rings. The third kappa shape index (κ3) is 5.50. The minimum Gasteiger partial charge on any atom is -0.481 e. The first-order valence-electron chi connectivity index (χ1n) is 8.03. The summed E-state index contributed by atoms with van der Waals surface area (Å²) in [5.74, 6) is 3.53. The Morgan fingerprint density at radius 2 is 2.22 bits per heavy atom. The molecule has 1 fully saturated rings. The Kier molecular flexibility index (Phi) is 6.76. The maximum atomic E-state index is 12.4. The molecule has 0 aliphatic carbocycles. The van der Waals surface area contributed by atoms with Crippen molar-refractivity contribution in [2.45, 2.75) is 19.8 Å². The summed E-state index contributed by atoms with van der Waals surface area (Å²) < 4.78 is 10.8. The molecule has 2 rings (SSSR count). The molecule has 1 aliphatic heterocycles. The van der Waals surface area contributed by atoms with Crippen LogP contribution in [0.2, 0.25) is 0 Å². The molecular weight excluding hydrogens is 292 g/mol. The number of likely N-dealkylation sites (tertiary alicyclic amines) is 1. The lowest BCUT2D eigenvalue weighted by Crippen LogP contribution is -2.43. The molecule has 5 heteroatoms. The van der Waals surface area contributed by atoms with Gasteiger partial charge in [-0.25, -0.2) is 4.79 Å². The number of ether oxygens (including phenoxy) is 2. The number of benzene rings is 1. The number of anilines is 1. The van der Waals surface area contributed by atoms with Crippen LogP contribution in [0.15, 0.2) is 24.3 Å². The van der Waals surface area contributed by atoms with Gasteiger partial charge in [-0.05, 0) is 44.0 Å². The van der Waals surface area contributed by atoms with E-state index in [1.807, 2.05) is 24.0 Å². The molecule has 1 heterocycles. The molecule has 0 radical (unpaired) electrons. The molecule has 1 unspecified atom stereocenters. The third-order valence-electron chi connectivity index (χ3n) is 3.79. The van der Waals surface area contributed by atoms with Gasteiger partial charge >= 0.3 is 6.03 Å². The average molecular weight is 316 g/mol. The van der Waals surface area contributed by atoms with Gasteiger partial charge in [0.2, 0.25) is 0 Å². The van der Waals surface area contributed by atoms with Crippen LogP contribution in [0.1, 0.15) is 19.8 Å². The van der Waals surface area contributed by atoms with Crippen LogP contribution in [0, 0.1) is 18.3 Å². The van der Waals surface area contributed by atoms with Gasteiger partial charge in [-0.2, -0.15) is 0 Å². The van der Waals surface area contributed by atoms with Gasteiger partial charge in [-0.3, -0.25) is 0 Å². The number of carbonyl (C=O) groups is 1. The fourth-order valence-electron chi connectivity index (χ4n) is 2.63. The summed E-state index contributed by atoms with van der Waals surface area (Å²) in [6.07, 6.45) is 7.28. The zero-order chi connectivity index (χ0) is 16.5. The molecule has 1 N–H and O–H groups in total. The van der Waals surface area contributed by atoms with Gasteiger partial charge in [0, 0.05) is 31.3 Å². The number of urea groups is 1. The molecule has 0 saturated carbocycles. The number of piperidine rings is 1. The normalized spacial score (nSPS) is 17.4. The number of nitrogens with zero attached hydrogens (tertiary/aromatic N) is 1. The monoisotopic (exact) mass is 316 g/mol. The van der Waals surface area contributed by atoms with Crippen LogP contribution in [0.4, 0.5) is 10.5 Å². The Hall–Kier alpha value is -2.19. The van der Waals surface area contributed by atoms with Crippen molar-refractivity contribution in [2.24, 2.45) is 5.92 Å². The van der Waals surface area contributed by atoms with E-state index >= 15 is 0 Å². The van der Waals surface area contributed by atoms with Crippen LogP contribution < -0.4 is 10.1 Å². The second kappa shape index (κ2) is 9.06.